The number of carbonyl (C=O) groups is 1. The molecule has 1 N–H and O–H groups in total. The second kappa shape index (κ2) is 5.44. The fourth-order valence-electron chi connectivity index (χ4n) is 2.77. The van der Waals surface area contributed by atoms with Crippen molar-refractivity contribution >= 4 is 5.91 Å². The number of para-hydroxylation sites is 1. The first-order valence-electron chi connectivity index (χ1n) is 7.29. The molecular formula is C18H18FNO2. The maximum absolute atomic E-state index is 13.0. The molecule has 0 fully saturated rings. The fourth-order valence-corrected chi connectivity index (χ4v) is 2.77. The standard InChI is InChI=1S/C18H18FNO2/c1-18(2)11-15(14-5-3-4-6-16(14)22-18)20-17(21)12-7-9-13(19)10-8-12/h3-10,15H,11H2,1-2H3,(H,20,21)/t15-/m0/s1. The fraction of sp³-hybridized carbons (Fsp3) is 0.278. The Morgan fingerprint density at radius 3 is 2.59 bits per heavy atom. The molecule has 2 aromatic carbocycles. The van der Waals surface area contributed by atoms with Crippen molar-refractivity contribution in [3.05, 3.63) is 65.5 Å². The molecule has 1 heterocycles. The molecule has 0 bridgehead atoms. The lowest BCUT2D eigenvalue weighted by Gasteiger charge is -2.37. The molecule has 22 heavy (non-hydrogen) atoms. The van der Waals surface area contributed by atoms with Crippen molar-refractivity contribution in [3.63, 3.8) is 0 Å². The molecule has 0 spiro atoms. The number of fused-ring (bicyclic) bond motifs is 1. The molecule has 3 rings (SSSR count). The quantitative estimate of drug-likeness (QED) is 0.914. The van der Waals surface area contributed by atoms with E-state index >= 15 is 0 Å². The van der Waals surface area contributed by atoms with E-state index in [4.69, 9.17) is 4.74 Å². The Balaban J connectivity index is 1.85. The van der Waals surface area contributed by atoms with Gasteiger partial charge >= 0.3 is 0 Å². The molecule has 114 valence electrons. The van der Waals surface area contributed by atoms with Crippen LogP contribution >= 0.6 is 0 Å². The predicted molar refractivity (Wildman–Crippen MR) is 82.4 cm³/mol. The molecule has 0 aromatic heterocycles. The highest BCUT2D eigenvalue weighted by Crippen LogP contribution is 2.39. The van der Waals surface area contributed by atoms with E-state index in [0.717, 1.165) is 11.3 Å². The molecule has 0 unspecified atom stereocenters. The molecule has 1 amide bonds. The largest absolute Gasteiger partial charge is 0.487 e. The third-order valence-corrected chi connectivity index (χ3v) is 3.79. The molecule has 1 aliphatic rings. The van der Waals surface area contributed by atoms with Gasteiger partial charge in [-0.1, -0.05) is 18.2 Å². The first-order chi connectivity index (χ1) is 10.4. The summed E-state index contributed by atoms with van der Waals surface area (Å²) in [6.45, 7) is 4.00. The van der Waals surface area contributed by atoms with Gasteiger partial charge in [-0.2, -0.15) is 0 Å². The number of benzene rings is 2. The Kier molecular flexibility index (Phi) is 3.61. The summed E-state index contributed by atoms with van der Waals surface area (Å²) in [7, 11) is 0. The lowest BCUT2D eigenvalue weighted by atomic mass is 9.89. The summed E-state index contributed by atoms with van der Waals surface area (Å²) in [6, 6.07) is 13.1. The summed E-state index contributed by atoms with van der Waals surface area (Å²) in [6.07, 6.45) is 0.678. The lowest BCUT2D eigenvalue weighted by molar-refractivity contribution is 0.0620. The van der Waals surface area contributed by atoms with Gasteiger partial charge in [0.05, 0.1) is 6.04 Å². The van der Waals surface area contributed by atoms with E-state index in [1.54, 1.807) is 0 Å². The van der Waals surface area contributed by atoms with Gasteiger partial charge in [-0.3, -0.25) is 4.79 Å². The molecule has 0 radical (unpaired) electrons. The van der Waals surface area contributed by atoms with Crippen LogP contribution in [-0.4, -0.2) is 11.5 Å². The second-order valence-corrected chi connectivity index (χ2v) is 6.14. The van der Waals surface area contributed by atoms with Crippen molar-refractivity contribution in [1.82, 2.24) is 5.32 Å². The summed E-state index contributed by atoms with van der Waals surface area (Å²) in [5, 5.41) is 3.03. The minimum Gasteiger partial charge on any atom is -0.487 e. The van der Waals surface area contributed by atoms with Gasteiger partial charge in [0.15, 0.2) is 0 Å². The van der Waals surface area contributed by atoms with E-state index in [1.165, 1.54) is 24.3 Å². The number of halogens is 1. The maximum atomic E-state index is 13.0. The normalized spacial score (nSPS) is 19.0. The number of carbonyl (C=O) groups excluding carboxylic acids is 1. The van der Waals surface area contributed by atoms with Crippen LogP contribution in [0.3, 0.4) is 0 Å². The Bertz CT molecular complexity index is 694. The maximum Gasteiger partial charge on any atom is 0.251 e. The van der Waals surface area contributed by atoms with Crippen LogP contribution in [-0.2, 0) is 0 Å². The van der Waals surface area contributed by atoms with Gasteiger partial charge in [0.1, 0.15) is 17.2 Å². The molecule has 0 saturated carbocycles. The van der Waals surface area contributed by atoms with Crippen molar-refractivity contribution in [3.8, 4) is 5.75 Å². The smallest absolute Gasteiger partial charge is 0.251 e. The second-order valence-electron chi connectivity index (χ2n) is 6.14. The number of amides is 1. The van der Waals surface area contributed by atoms with Crippen LogP contribution in [0, 0.1) is 5.82 Å². The first-order valence-corrected chi connectivity index (χ1v) is 7.29. The van der Waals surface area contributed by atoms with Gasteiger partial charge in [0, 0.05) is 17.5 Å². The van der Waals surface area contributed by atoms with Crippen molar-refractivity contribution in [2.24, 2.45) is 0 Å². The Morgan fingerprint density at radius 1 is 1.18 bits per heavy atom. The van der Waals surface area contributed by atoms with Crippen molar-refractivity contribution in [1.29, 1.82) is 0 Å². The van der Waals surface area contributed by atoms with Gasteiger partial charge < -0.3 is 10.1 Å². The van der Waals surface area contributed by atoms with E-state index in [-0.39, 0.29) is 23.4 Å². The number of rotatable bonds is 2. The zero-order valence-corrected chi connectivity index (χ0v) is 12.6. The Hall–Kier alpha value is -2.36. The summed E-state index contributed by atoms with van der Waals surface area (Å²) >= 11 is 0. The molecule has 4 heteroatoms. The zero-order valence-electron chi connectivity index (χ0n) is 12.6. The van der Waals surface area contributed by atoms with E-state index in [1.807, 2.05) is 38.1 Å². The summed E-state index contributed by atoms with van der Waals surface area (Å²) in [5.74, 6) is 0.231. The summed E-state index contributed by atoms with van der Waals surface area (Å²) in [4.78, 5) is 12.4. The number of hydrogen-bond acceptors (Lipinski definition) is 2. The van der Waals surface area contributed by atoms with Crippen LogP contribution < -0.4 is 10.1 Å². The highest BCUT2D eigenvalue weighted by molar-refractivity contribution is 5.94. The predicted octanol–water partition coefficient (Wildman–Crippen LogP) is 3.86. The minimum absolute atomic E-state index is 0.127. The Labute approximate surface area is 129 Å². The van der Waals surface area contributed by atoms with Gasteiger partial charge in [0.25, 0.3) is 5.91 Å². The average molecular weight is 299 g/mol. The monoisotopic (exact) mass is 299 g/mol. The number of ether oxygens (including phenoxy) is 1. The van der Waals surface area contributed by atoms with E-state index in [2.05, 4.69) is 5.32 Å². The lowest BCUT2D eigenvalue weighted by Crippen LogP contribution is -2.41. The SMILES string of the molecule is CC1(C)C[C@H](NC(=O)c2ccc(F)cc2)c2ccccc2O1. The zero-order chi connectivity index (χ0) is 15.7. The van der Waals surface area contributed by atoms with Gasteiger partial charge in [-0.15, -0.1) is 0 Å². The van der Waals surface area contributed by atoms with Crippen LogP contribution in [0.1, 0.15) is 42.2 Å². The van der Waals surface area contributed by atoms with Crippen molar-refractivity contribution in [2.75, 3.05) is 0 Å². The minimum atomic E-state index is -0.353. The van der Waals surface area contributed by atoms with E-state index in [9.17, 15) is 9.18 Å². The van der Waals surface area contributed by atoms with Crippen LogP contribution in [0.4, 0.5) is 4.39 Å². The first kappa shape index (κ1) is 14.6. The molecule has 2 aromatic rings. The van der Waals surface area contributed by atoms with Crippen molar-refractivity contribution < 1.29 is 13.9 Å². The number of nitrogens with one attached hydrogen (secondary N) is 1. The molecule has 0 saturated heterocycles. The van der Waals surface area contributed by atoms with Crippen LogP contribution in [0.15, 0.2) is 48.5 Å². The Morgan fingerprint density at radius 2 is 1.86 bits per heavy atom. The van der Waals surface area contributed by atoms with Crippen LogP contribution in [0.2, 0.25) is 0 Å². The van der Waals surface area contributed by atoms with Gasteiger partial charge in [0.2, 0.25) is 0 Å². The molecule has 0 aliphatic carbocycles. The van der Waals surface area contributed by atoms with E-state index < -0.39 is 0 Å². The summed E-state index contributed by atoms with van der Waals surface area (Å²) in [5.41, 5.74) is 1.07. The third kappa shape index (κ3) is 2.96. The van der Waals surface area contributed by atoms with Gasteiger partial charge in [-0.05, 0) is 44.2 Å². The van der Waals surface area contributed by atoms with Crippen molar-refractivity contribution in [2.45, 2.75) is 31.9 Å². The van der Waals surface area contributed by atoms with Crippen LogP contribution in [0.5, 0.6) is 5.75 Å². The third-order valence-electron chi connectivity index (χ3n) is 3.79. The molecule has 1 atom stereocenters. The molecular weight excluding hydrogens is 281 g/mol. The topological polar surface area (TPSA) is 38.3 Å². The average Bonchev–Trinajstić information content (AvgIpc) is 2.46. The molecule has 1 aliphatic heterocycles. The summed E-state index contributed by atoms with van der Waals surface area (Å²) < 4.78 is 18.9. The van der Waals surface area contributed by atoms with Crippen LogP contribution in [0.25, 0.3) is 0 Å². The highest BCUT2D eigenvalue weighted by atomic mass is 19.1. The van der Waals surface area contributed by atoms with E-state index in [0.29, 0.717) is 12.0 Å². The number of hydrogen-bond donors (Lipinski definition) is 1. The van der Waals surface area contributed by atoms with Gasteiger partial charge in [-0.25, -0.2) is 4.39 Å². The highest BCUT2D eigenvalue weighted by Gasteiger charge is 2.34. The molecule has 3 nitrogen and oxygen atoms in total.